The summed E-state index contributed by atoms with van der Waals surface area (Å²) in [6.45, 7) is 2.59. The Bertz CT molecular complexity index is 554. The average Bonchev–Trinajstić information content (AvgIpc) is 2.50. The van der Waals surface area contributed by atoms with Gasteiger partial charge in [0.2, 0.25) is 0 Å². The van der Waals surface area contributed by atoms with Crippen molar-refractivity contribution >= 4 is 27.5 Å². The van der Waals surface area contributed by atoms with E-state index in [1.165, 1.54) is 0 Å². The van der Waals surface area contributed by atoms with E-state index >= 15 is 0 Å². The van der Waals surface area contributed by atoms with Crippen molar-refractivity contribution in [1.82, 2.24) is 0 Å². The van der Waals surface area contributed by atoms with Crippen molar-refractivity contribution < 1.29 is 9.53 Å². The van der Waals surface area contributed by atoms with E-state index in [0.29, 0.717) is 17.6 Å². The topological polar surface area (TPSA) is 29.5 Å². The lowest BCUT2D eigenvalue weighted by molar-refractivity contribution is 0.0988. The zero-order valence-corrected chi connectivity index (χ0v) is 12.8. The van der Waals surface area contributed by atoms with Crippen LogP contribution in [0.4, 0.5) is 5.69 Å². The molecule has 0 aliphatic carbocycles. The van der Waals surface area contributed by atoms with Crippen LogP contribution in [-0.4, -0.2) is 18.0 Å². The highest BCUT2D eigenvalue weighted by Gasteiger charge is 2.15. The summed E-state index contributed by atoms with van der Waals surface area (Å²) in [7, 11) is 0. The monoisotopic (exact) mass is 333 g/mol. The molecular formula is C16H16BrNO2. The molecule has 0 unspecified atom stereocenters. The van der Waals surface area contributed by atoms with Gasteiger partial charge in [-0.05, 0) is 59.3 Å². The Kier molecular flexibility index (Phi) is 5.18. The van der Waals surface area contributed by atoms with Crippen LogP contribution in [0, 0.1) is 0 Å². The molecule has 4 heteroatoms. The van der Waals surface area contributed by atoms with Crippen LogP contribution < -0.4 is 9.64 Å². The Labute approximate surface area is 127 Å². The molecule has 0 bridgehead atoms. The molecular weight excluding hydrogens is 318 g/mol. The van der Waals surface area contributed by atoms with Crippen LogP contribution in [0.1, 0.15) is 17.3 Å². The predicted octanol–water partition coefficient (Wildman–Crippen LogP) is 4.08. The van der Waals surface area contributed by atoms with Gasteiger partial charge in [0, 0.05) is 17.8 Å². The van der Waals surface area contributed by atoms with Crippen molar-refractivity contribution in [2.75, 3.05) is 17.0 Å². The number of benzene rings is 2. The number of anilines is 1. The van der Waals surface area contributed by atoms with Gasteiger partial charge in [-0.1, -0.05) is 18.2 Å². The predicted molar refractivity (Wildman–Crippen MR) is 84.7 cm³/mol. The van der Waals surface area contributed by atoms with Gasteiger partial charge in [-0.15, -0.1) is 0 Å². The summed E-state index contributed by atoms with van der Waals surface area (Å²) in [4.78, 5) is 14.3. The number of carbonyl (C=O) groups is 1. The molecule has 0 saturated heterocycles. The van der Waals surface area contributed by atoms with E-state index in [4.69, 9.17) is 4.74 Å². The third-order valence-electron chi connectivity index (χ3n) is 2.95. The Morgan fingerprint density at radius 3 is 2.30 bits per heavy atom. The summed E-state index contributed by atoms with van der Waals surface area (Å²) in [6, 6.07) is 16.8. The number of amides is 1. The smallest absolute Gasteiger partial charge is 0.258 e. The Morgan fingerprint density at radius 1 is 1.10 bits per heavy atom. The number of nitrogens with zero attached hydrogens (tertiary/aromatic N) is 1. The maximum atomic E-state index is 12.5. The third-order valence-corrected chi connectivity index (χ3v) is 3.18. The van der Waals surface area contributed by atoms with Crippen molar-refractivity contribution in [2.24, 2.45) is 0 Å². The zero-order chi connectivity index (χ0) is 14.4. The van der Waals surface area contributed by atoms with Crippen molar-refractivity contribution in [3.05, 3.63) is 60.2 Å². The largest absolute Gasteiger partial charge is 0.482 e. The van der Waals surface area contributed by atoms with Gasteiger partial charge in [-0.25, -0.2) is 0 Å². The third kappa shape index (κ3) is 3.39. The van der Waals surface area contributed by atoms with Crippen LogP contribution in [0.15, 0.2) is 54.6 Å². The first kappa shape index (κ1) is 14.6. The number of alkyl halides is 1. The van der Waals surface area contributed by atoms with Gasteiger partial charge in [0.1, 0.15) is 11.3 Å². The molecule has 2 aromatic carbocycles. The van der Waals surface area contributed by atoms with E-state index in [1.54, 1.807) is 29.2 Å². The molecule has 1 amide bonds. The van der Waals surface area contributed by atoms with E-state index < -0.39 is 0 Å². The Balaban J connectivity index is 2.20. The minimum atomic E-state index is -0.0101. The number of hydrogen-bond donors (Lipinski definition) is 0. The molecule has 20 heavy (non-hydrogen) atoms. The number of halogens is 1. The minimum absolute atomic E-state index is 0.0101. The summed E-state index contributed by atoms with van der Waals surface area (Å²) in [5.41, 5.74) is 1.99. The number of rotatable bonds is 5. The van der Waals surface area contributed by atoms with Gasteiger partial charge in [-0.3, -0.25) is 4.79 Å². The molecule has 0 heterocycles. The van der Waals surface area contributed by atoms with E-state index in [1.807, 2.05) is 37.3 Å². The first-order chi connectivity index (χ1) is 9.76. The Morgan fingerprint density at radius 2 is 1.75 bits per heavy atom. The second kappa shape index (κ2) is 7.10. The molecule has 2 aromatic rings. The quantitative estimate of drug-likeness (QED) is 0.771. The van der Waals surface area contributed by atoms with Gasteiger partial charge in [-0.2, -0.15) is 0 Å². The van der Waals surface area contributed by atoms with Gasteiger partial charge < -0.3 is 9.64 Å². The lowest BCUT2D eigenvalue weighted by Crippen LogP contribution is -2.30. The lowest BCUT2D eigenvalue weighted by atomic mass is 10.1. The van der Waals surface area contributed by atoms with Crippen LogP contribution in [0.3, 0.4) is 0 Å². The van der Waals surface area contributed by atoms with Crippen molar-refractivity contribution in [3.8, 4) is 5.75 Å². The molecule has 0 atom stereocenters. The summed E-state index contributed by atoms with van der Waals surface area (Å²) in [5, 5.41) is 0. The molecule has 0 fully saturated rings. The number of para-hydroxylation sites is 1. The van der Waals surface area contributed by atoms with Crippen LogP contribution in [-0.2, 0) is 0 Å². The fourth-order valence-corrected chi connectivity index (χ4v) is 2.23. The highest BCUT2D eigenvalue weighted by atomic mass is 79.9. The van der Waals surface area contributed by atoms with Gasteiger partial charge in [0.05, 0.1) is 0 Å². The summed E-state index contributed by atoms with van der Waals surface area (Å²) in [6.07, 6.45) is 0. The summed E-state index contributed by atoms with van der Waals surface area (Å²) < 4.78 is 5.30. The summed E-state index contributed by atoms with van der Waals surface area (Å²) >= 11 is 3.20. The Hall–Kier alpha value is -1.81. The maximum absolute atomic E-state index is 12.5. The number of hydrogen-bond acceptors (Lipinski definition) is 2. The van der Waals surface area contributed by atoms with E-state index in [2.05, 4.69) is 15.9 Å². The minimum Gasteiger partial charge on any atom is -0.482 e. The second-order valence-corrected chi connectivity index (χ2v) is 4.62. The first-order valence-corrected chi connectivity index (χ1v) is 7.54. The zero-order valence-electron chi connectivity index (χ0n) is 11.3. The molecule has 0 aliphatic rings. The molecule has 0 spiro atoms. The lowest BCUT2D eigenvalue weighted by Gasteiger charge is -2.21. The summed E-state index contributed by atoms with van der Waals surface area (Å²) in [5.74, 6) is 0.727. The van der Waals surface area contributed by atoms with Crippen LogP contribution in [0.2, 0.25) is 0 Å². The molecule has 2 rings (SSSR count). The number of carbonyl (C=O) groups excluding carboxylic acids is 1. The van der Waals surface area contributed by atoms with Crippen molar-refractivity contribution in [2.45, 2.75) is 6.92 Å². The van der Waals surface area contributed by atoms with Crippen LogP contribution >= 0.6 is 15.9 Å². The van der Waals surface area contributed by atoms with Gasteiger partial charge in [0.15, 0.2) is 0 Å². The van der Waals surface area contributed by atoms with Crippen LogP contribution in [0.5, 0.6) is 5.75 Å². The van der Waals surface area contributed by atoms with Gasteiger partial charge >= 0.3 is 0 Å². The highest BCUT2D eigenvalue weighted by molar-refractivity contribution is 9.09. The van der Waals surface area contributed by atoms with Gasteiger partial charge in [0.25, 0.3) is 5.91 Å². The molecule has 3 nitrogen and oxygen atoms in total. The molecule has 0 aromatic heterocycles. The second-order valence-electron chi connectivity index (χ2n) is 4.16. The average molecular weight is 334 g/mol. The number of ether oxygens (including phenoxy) is 1. The molecule has 0 aliphatic heterocycles. The standard InChI is InChI=1S/C16H16BrNO2/c1-2-18(14-6-4-3-5-7-14)16(19)13-8-10-15(11-9-13)20-12-17/h3-11H,2,12H2,1H3. The van der Waals surface area contributed by atoms with Crippen molar-refractivity contribution in [1.29, 1.82) is 0 Å². The molecule has 0 radical (unpaired) electrons. The first-order valence-electron chi connectivity index (χ1n) is 6.42. The van der Waals surface area contributed by atoms with E-state index in [0.717, 1.165) is 11.4 Å². The SMILES string of the molecule is CCN(C(=O)c1ccc(OCBr)cc1)c1ccccc1. The van der Waals surface area contributed by atoms with E-state index in [9.17, 15) is 4.79 Å². The van der Waals surface area contributed by atoms with E-state index in [-0.39, 0.29) is 5.91 Å². The fraction of sp³-hybridized carbons (Fsp3) is 0.188. The fourth-order valence-electron chi connectivity index (χ4n) is 1.96. The maximum Gasteiger partial charge on any atom is 0.258 e. The highest BCUT2D eigenvalue weighted by Crippen LogP contribution is 2.18. The molecule has 0 saturated carbocycles. The van der Waals surface area contributed by atoms with Crippen molar-refractivity contribution in [3.63, 3.8) is 0 Å². The van der Waals surface area contributed by atoms with Crippen LogP contribution in [0.25, 0.3) is 0 Å². The molecule has 104 valence electrons. The normalized spacial score (nSPS) is 10.1. The molecule has 0 N–H and O–H groups in total.